The number of carbonyl (C=O) groups is 4. The van der Waals surface area contributed by atoms with E-state index in [2.05, 4.69) is 13.8 Å². The maximum atomic E-state index is 13.4. The number of esters is 1. The van der Waals surface area contributed by atoms with Crippen LogP contribution in [0.3, 0.4) is 0 Å². The predicted octanol–water partition coefficient (Wildman–Crippen LogP) is 3.11. The Morgan fingerprint density at radius 3 is 2.46 bits per heavy atom. The molecule has 224 valence electrons. The molecule has 1 spiro atoms. The number of amides is 1. The van der Waals surface area contributed by atoms with Crippen molar-refractivity contribution in [1.29, 1.82) is 0 Å². The molecule has 2 aliphatic heterocycles. The zero-order chi connectivity index (χ0) is 30.2. The molecule has 7 atom stereocenters. The Hall–Kier alpha value is -3.34. The third-order valence-corrected chi connectivity index (χ3v) is 10.7. The van der Waals surface area contributed by atoms with Crippen molar-refractivity contribution in [3.63, 3.8) is 0 Å². The van der Waals surface area contributed by atoms with E-state index in [4.69, 9.17) is 14.6 Å². The van der Waals surface area contributed by atoms with E-state index in [1.54, 1.807) is 0 Å². The van der Waals surface area contributed by atoms with Gasteiger partial charge in [0.15, 0.2) is 0 Å². The topological polar surface area (TPSA) is 171 Å². The van der Waals surface area contributed by atoms with Crippen LogP contribution in [0.1, 0.15) is 88.2 Å². The highest BCUT2D eigenvalue weighted by atomic mass is 16.6. The predicted molar refractivity (Wildman–Crippen MR) is 143 cm³/mol. The quantitative estimate of drug-likeness (QED) is 0.371. The Balaban J connectivity index is 1.57. The van der Waals surface area contributed by atoms with E-state index in [-0.39, 0.29) is 36.1 Å². The van der Waals surface area contributed by atoms with E-state index in [0.29, 0.717) is 29.7 Å². The average Bonchev–Trinajstić information content (AvgIpc) is 3.42. The monoisotopic (exact) mass is 573 g/mol. The highest BCUT2D eigenvalue weighted by Gasteiger charge is 2.69. The number of aliphatic hydroxyl groups is 1. The molecule has 1 aromatic carbocycles. The number of benzene rings is 1. The van der Waals surface area contributed by atoms with E-state index in [1.807, 2.05) is 13.8 Å². The number of carboxylic acids is 2. The maximum Gasteiger partial charge on any atom is 0.326 e. The summed E-state index contributed by atoms with van der Waals surface area (Å²) in [6, 6.07) is 0.0122. The normalized spacial score (nSPS) is 33.9. The van der Waals surface area contributed by atoms with Crippen LogP contribution in [0.5, 0.6) is 11.5 Å². The second kappa shape index (κ2) is 9.61. The number of fused-ring (bicyclic) bond motifs is 5. The van der Waals surface area contributed by atoms with Gasteiger partial charge in [0.05, 0.1) is 18.2 Å². The Morgan fingerprint density at radius 2 is 1.85 bits per heavy atom. The van der Waals surface area contributed by atoms with Crippen LogP contribution >= 0.6 is 0 Å². The summed E-state index contributed by atoms with van der Waals surface area (Å²) < 4.78 is 12.6. The van der Waals surface area contributed by atoms with Crippen LogP contribution in [0, 0.1) is 22.7 Å². The van der Waals surface area contributed by atoms with E-state index in [0.717, 1.165) is 17.7 Å². The molecule has 1 amide bonds. The Kier molecular flexibility index (Phi) is 6.83. The first-order valence-electron chi connectivity index (χ1n) is 14.2. The lowest BCUT2D eigenvalue weighted by Gasteiger charge is -2.65. The van der Waals surface area contributed by atoms with E-state index in [9.17, 15) is 34.5 Å². The van der Waals surface area contributed by atoms with Crippen molar-refractivity contribution in [2.45, 2.75) is 104 Å². The zero-order valence-electron chi connectivity index (χ0n) is 24.1. The molecule has 0 radical (unpaired) electrons. The lowest BCUT2D eigenvalue weighted by molar-refractivity contribution is -0.245. The number of hydrogen-bond donors (Lipinski definition) is 4. The van der Waals surface area contributed by atoms with Gasteiger partial charge in [-0.05, 0) is 49.0 Å². The second-order valence-corrected chi connectivity index (χ2v) is 13.2. The van der Waals surface area contributed by atoms with Gasteiger partial charge in [-0.3, -0.25) is 14.4 Å². The van der Waals surface area contributed by atoms with E-state index >= 15 is 0 Å². The lowest BCUT2D eigenvalue weighted by Crippen LogP contribution is -2.69. The summed E-state index contributed by atoms with van der Waals surface area (Å²) in [5.74, 6) is -3.31. The van der Waals surface area contributed by atoms with Gasteiger partial charge < -0.3 is 34.8 Å². The molecule has 41 heavy (non-hydrogen) atoms. The van der Waals surface area contributed by atoms with Crippen LogP contribution in [0.25, 0.3) is 0 Å². The summed E-state index contributed by atoms with van der Waals surface area (Å²) in [6.07, 6.45) is 0.0244. The van der Waals surface area contributed by atoms with Gasteiger partial charge in [0.1, 0.15) is 29.2 Å². The molecule has 0 aromatic heterocycles. The minimum atomic E-state index is -1.35. The number of carboxylic acid groups (broad SMARTS) is 2. The molecule has 5 rings (SSSR count). The molecule has 4 N–H and O–H groups in total. The molecule has 2 fully saturated rings. The Morgan fingerprint density at radius 1 is 1.17 bits per heavy atom. The molecule has 11 heteroatoms. The Labute approximate surface area is 238 Å². The number of ether oxygens (including phenoxy) is 2. The molecule has 11 nitrogen and oxygen atoms in total. The fraction of sp³-hybridized carbons (Fsp3) is 0.667. The van der Waals surface area contributed by atoms with Gasteiger partial charge in [0, 0.05) is 36.3 Å². The first-order valence-corrected chi connectivity index (χ1v) is 14.2. The third-order valence-electron chi connectivity index (χ3n) is 10.7. The summed E-state index contributed by atoms with van der Waals surface area (Å²) >= 11 is 0. The van der Waals surface area contributed by atoms with E-state index in [1.165, 1.54) is 13.0 Å². The fourth-order valence-electron chi connectivity index (χ4n) is 8.64. The van der Waals surface area contributed by atoms with Crippen LogP contribution < -0.4 is 4.74 Å². The second-order valence-electron chi connectivity index (χ2n) is 13.2. The summed E-state index contributed by atoms with van der Waals surface area (Å²) in [6.45, 7) is 9.39. The van der Waals surface area contributed by atoms with Gasteiger partial charge in [-0.25, -0.2) is 4.79 Å². The van der Waals surface area contributed by atoms with Crippen LogP contribution in [-0.2, 0) is 32.1 Å². The standard InChI is InChI=1S/C30H39NO10/c1-14-6-8-22-28(3,4)25(36)21(40-15(2)32)12-29(22,5)30(14)11-17-20(33)10-16-18(24(17)41-30)13-31(26(16)37)19(27(38)39)7-9-23(34)35/h10,14,19,21-22,25,33,36H,6-9,11-13H2,1-5H3,(H,34,35)(H,38,39)/t14-,19-,21-,22-,25+,29-,30+/m0/s1. The number of nitrogens with zero attached hydrogens (tertiary/aromatic N) is 1. The van der Waals surface area contributed by atoms with Crippen molar-refractivity contribution in [2.75, 3.05) is 0 Å². The highest BCUT2D eigenvalue weighted by molar-refractivity contribution is 6.02. The minimum absolute atomic E-state index is 0.00534. The molecule has 0 unspecified atom stereocenters. The van der Waals surface area contributed by atoms with Crippen LogP contribution in [-0.4, -0.2) is 73.0 Å². The summed E-state index contributed by atoms with van der Waals surface area (Å²) in [7, 11) is 0. The van der Waals surface area contributed by atoms with Crippen molar-refractivity contribution in [2.24, 2.45) is 22.7 Å². The largest absolute Gasteiger partial charge is 0.508 e. The fourth-order valence-corrected chi connectivity index (χ4v) is 8.64. The number of aliphatic hydroxyl groups excluding tert-OH is 1. The first-order chi connectivity index (χ1) is 19.0. The SMILES string of the molecule is CC(=O)O[C@H]1C[C@@]2(C)[C@@H](CC[C@H](C)[C@]23Cc2c(O)cc4c(c2O3)CN([C@@H](CCC(=O)O)C(=O)O)C4=O)C(C)(C)[C@@H]1O. The minimum Gasteiger partial charge on any atom is -0.508 e. The average molecular weight is 574 g/mol. The summed E-state index contributed by atoms with van der Waals surface area (Å²) in [5, 5.41) is 41.4. The molecular formula is C30H39NO10. The summed E-state index contributed by atoms with van der Waals surface area (Å²) in [4.78, 5) is 49.7. The molecule has 0 saturated heterocycles. The van der Waals surface area contributed by atoms with Crippen LogP contribution in [0.15, 0.2) is 6.07 Å². The molecular weight excluding hydrogens is 534 g/mol. The maximum absolute atomic E-state index is 13.4. The van der Waals surface area contributed by atoms with Gasteiger partial charge in [-0.2, -0.15) is 0 Å². The van der Waals surface area contributed by atoms with Gasteiger partial charge in [0.25, 0.3) is 5.91 Å². The molecule has 2 aliphatic carbocycles. The number of aromatic hydroxyl groups is 1. The van der Waals surface area contributed by atoms with E-state index < -0.39 is 64.9 Å². The van der Waals surface area contributed by atoms with Crippen LogP contribution in [0.2, 0.25) is 0 Å². The van der Waals surface area contributed by atoms with Crippen molar-refractivity contribution < 1.29 is 49.1 Å². The number of hydrogen-bond acceptors (Lipinski definition) is 8. The first kappa shape index (κ1) is 29.2. The lowest BCUT2D eigenvalue weighted by atomic mass is 9.43. The molecule has 1 aromatic rings. The van der Waals surface area contributed by atoms with Crippen LogP contribution in [0.4, 0.5) is 0 Å². The zero-order valence-corrected chi connectivity index (χ0v) is 24.1. The Bertz CT molecular complexity index is 1320. The van der Waals surface area contributed by atoms with Gasteiger partial charge in [-0.15, -0.1) is 0 Å². The number of rotatable bonds is 6. The third kappa shape index (κ3) is 4.18. The van der Waals surface area contributed by atoms with Gasteiger partial charge in [0.2, 0.25) is 0 Å². The molecule has 2 heterocycles. The summed E-state index contributed by atoms with van der Waals surface area (Å²) in [5.41, 5.74) is -0.912. The number of aliphatic carboxylic acids is 2. The molecule has 4 aliphatic rings. The number of phenols is 1. The highest BCUT2D eigenvalue weighted by Crippen LogP contribution is 2.67. The number of phenolic OH excluding ortho intramolecular Hbond substituents is 1. The van der Waals surface area contributed by atoms with Crippen molar-refractivity contribution in [3.05, 3.63) is 22.8 Å². The van der Waals surface area contributed by atoms with Gasteiger partial charge in [-0.1, -0.05) is 27.7 Å². The van der Waals surface area contributed by atoms with Gasteiger partial charge >= 0.3 is 17.9 Å². The van der Waals surface area contributed by atoms with Crippen molar-refractivity contribution >= 4 is 23.8 Å². The van der Waals surface area contributed by atoms with Crippen molar-refractivity contribution in [1.82, 2.24) is 4.90 Å². The number of carbonyl (C=O) groups excluding carboxylic acids is 2. The van der Waals surface area contributed by atoms with Crippen molar-refractivity contribution in [3.8, 4) is 11.5 Å². The smallest absolute Gasteiger partial charge is 0.326 e. The molecule has 2 saturated carbocycles. The molecule has 0 bridgehead atoms.